The molecule has 2 rings (SSSR count). The molecule has 24 heavy (non-hydrogen) atoms. The molecule has 0 spiro atoms. The fourth-order valence-electron chi connectivity index (χ4n) is 3.00. The van der Waals surface area contributed by atoms with Crippen molar-refractivity contribution in [1.82, 2.24) is 10.6 Å². The van der Waals surface area contributed by atoms with E-state index in [1.165, 1.54) is 0 Å². The van der Waals surface area contributed by atoms with Gasteiger partial charge in [0.05, 0.1) is 7.11 Å². The molecule has 5 nitrogen and oxygen atoms in total. The first-order valence-electron chi connectivity index (χ1n) is 8.49. The van der Waals surface area contributed by atoms with Crippen LogP contribution in [0.2, 0.25) is 0 Å². The molecule has 2 N–H and O–H groups in total. The number of hydrogen-bond acceptors (Lipinski definition) is 3. The molecule has 0 saturated heterocycles. The lowest BCUT2D eigenvalue weighted by molar-refractivity contribution is -0.125. The van der Waals surface area contributed by atoms with Gasteiger partial charge in [-0.25, -0.2) is 0 Å². The van der Waals surface area contributed by atoms with Crippen molar-refractivity contribution in [2.45, 2.75) is 32.6 Å². The molecule has 1 saturated carbocycles. The van der Waals surface area contributed by atoms with Gasteiger partial charge < -0.3 is 15.4 Å². The van der Waals surface area contributed by atoms with Crippen LogP contribution in [0.3, 0.4) is 0 Å². The molecule has 5 heteroatoms. The normalized spacial score (nSPS) is 15.2. The zero-order chi connectivity index (χ0) is 17.4. The highest BCUT2D eigenvalue weighted by Gasteiger charge is 2.21. The van der Waals surface area contributed by atoms with E-state index in [0.29, 0.717) is 13.1 Å². The van der Waals surface area contributed by atoms with Crippen LogP contribution in [0.25, 0.3) is 5.57 Å². The molecule has 1 aliphatic carbocycles. The summed E-state index contributed by atoms with van der Waals surface area (Å²) in [7, 11) is 1.61. The molecular weight excluding hydrogens is 304 g/mol. The van der Waals surface area contributed by atoms with E-state index < -0.39 is 0 Å². The molecule has 2 amide bonds. The summed E-state index contributed by atoms with van der Waals surface area (Å²) in [6, 6.07) is 7.58. The fourth-order valence-corrected chi connectivity index (χ4v) is 3.00. The average Bonchev–Trinajstić information content (AvgIpc) is 3.13. The molecular formula is C19H26N2O3. The molecule has 0 aromatic heterocycles. The predicted octanol–water partition coefficient (Wildman–Crippen LogP) is 2.52. The van der Waals surface area contributed by atoms with Crippen molar-refractivity contribution in [3.8, 4) is 5.75 Å². The third kappa shape index (κ3) is 5.11. The van der Waals surface area contributed by atoms with Crippen LogP contribution in [0.1, 0.15) is 38.2 Å². The second-order valence-corrected chi connectivity index (χ2v) is 6.09. The molecule has 130 valence electrons. The van der Waals surface area contributed by atoms with Crippen LogP contribution in [0, 0.1) is 5.92 Å². The summed E-state index contributed by atoms with van der Waals surface area (Å²) < 4.78 is 5.30. The molecule has 0 atom stereocenters. The minimum absolute atomic E-state index is 0.113. The Morgan fingerprint density at radius 3 is 2.54 bits per heavy atom. The van der Waals surface area contributed by atoms with Crippen LogP contribution in [0.15, 0.2) is 30.3 Å². The van der Waals surface area contributed by atoms with Crippen molar-refractivity contribution in [2.24, 2.45) is 5.92 Å². The number of carbonyl (C=O) groups excluding carboxylic acids is 2. The van der Waals surface area contributed by atoms with E-state index in [-0.39, 0.29) is 17.7 Å². The number of allylic oxidation sites excluding steroid dienone is 1. The monoisotopic (exact) mass is 330 g/mol. The SMILES string of the molecule is COc1ccccc1/C(C)=C\C(=O)NCCNC(=O)C1CCCC1. The highest BCUT2D eigenvalue weighted by Crippen LogP contribution is 2.25. The third-order valence-corrected chi connectivity index (χ3v) is 4.33. The summed E-state index contributed by atoms with van der Waals surface area (Å²) in [5, 5.41) is 5.68. The van der Waals surface area contributed by atoms with E-state index in [4.69, 9.17) is 4.74 Å². The van der Waals surface area contributed by atoms with Gasteiger partial charge in [0.1, 0.15) is 5.75 Å². The standard InChI is InChI=1S/C19H26N2O3/c1-14(16-9-5-6-10-17(16)24-2)13-18(22)20-11-12-21-19(23)15-7-3-4-8-15/h5-6,9-10,13,15H,3-4,7-8,11-12H2,1-2H3,(H,20,22)(H,21,23)/b14-13-. The van der Waals surface area contributed by atoms with E-state index in [2.05, 4.69) is 10.6 Å². The zero-order valence-electron chi connectivity index (χ0n) is 14.4. The van der Waals surface area contributed by atoms with Crippen LogP contribution in [-0.2, 0) is 9.59 Å². The highest BCUT2D eigenvalue weighted by molar-refractivity contribution is 5.95. The molecule has 1 aromatic carbocycles. The first-order chi connectivity index (χ1) is 11.6. The molecule has 1 aliphatic rings. The van der Waals surface area contributed by atoms with Crippen molar-refractivity contribution in [1.29, 1.82) is 0 Å². The Morgan fingerprint density at radius 1 is 1.17 bits per heavy atom. The lowest BCUT2D eigenvalue weighted by Gasteiger charge is -2.11. The maximum atomic E-state index is 12.0. The number of rotatable bonds is 7. The smallest absolute Gasteiger partial charge is 0.244 e. The Bertz CT molecular complexity index is 604. The number of methoxy groups -OCH3 is 1. The summed E-state index contributed by atoms with van der Waals surface area (Å²) in [5.41, 5.74) is 1.73. The van der Waals surface area contributed by atoms with Crippen molar-refractivity contribution < 1.29 is 14.3 Å². The summed E-state index contributed by atoms with van der Waals surface area (Å²) in [4.78, 5) is 23.9. The van der Waals surface area contributed by atoms with Gasteiger partial charge in [0, 0.05) is 30.6 Å². The minimum Gasteiger partial charge on any atom is -0.496 e. The van der Waals surface area contributed by atoms with E-state index in [1.807, 2.05) is 31.2 Å². The zero-order valence-corrected chi connectivity index (χ0v) is 14.4. The second kappa shape index (κ2) is 9.11. The Morgan fingerprint density at radius 2 is 1.83 bits per heavy atom. The molecule has 0 unspecified atom stereocenters. The number of amides is 2. The van der Waals surface area contributed by atoms with Crippen LogP contribution in [-0.4, -0.2) is 32.0 Å². The summed E-state index contributed by atoms with van der Waals surface area (Å²) >= 11 is 0. The van der Waals surface area contributed by atoms with E-state index in [9.17, 15) is 9.59 Å². The molecule has 0 bridgehead atoms. The molecule has 1 fully saturated rings. The summed E-state index contributed by atoms with van der Waals surface area (Å²) in [5.74, 6) is 0.840. The first kappa shape index (κ1) is 18.0. The van der Waals surface area contributed by atoms with Gasteiger partial charge in [-0.05, 0) is 31.4 Å². The van der Waals surface area contributed by atoms with E-state index >= 15 is 0 Å². The summed E-state index contributed by atoms with van der Waals surface area (Å²) in [6.45, 7) is 2.76. The van der Waals surface area contributed by atoms with Crippen molar-refractivity contribution in [2.75, 3.05) is 20.2 Å². The topological polar surface area (TPSA) is 67.4 Å². The predicted molar refractivity (Wildman–Crippen MR) is 94.6 cm³/mol. The number of ether oxygens (including phenoxy) is 1. The van der Waals surface area contributed by atoms with Gasteiger partial charge in [0.25, 0.3) is 0 Å². The van der Waals surface area contributed by atoms with Crippen LogP contribution in [0.5, 0.6) is 5.75 Å². The van der Waals surface area contributed by atoms with Gasteiger partial charge in [-0.2, -0.15) is 0 Å². The number of carbonyl (C=O) groups is 2. The quantitative estimate of drug-likeness (QED) is 0.596. The average molecular weight is 330 g/mol. The Kier molecular flexibility index (Phi) is 6.85. The van der Waals surface area contributed by atoms with Gasteiger partial charge in [0.2, 0.25) is 11.8 Å². The highest BCUT2D eigenvalue weighted by atomic mass is 16.5. The number of nitrogens with one attached hydrogen (secondary N) is 2. The number of benzene rings is 1. The van der Waals surface area contributed by atoms with Crippen LogP contribution in [0.4, 0.5) is 0 Å². The number of hydrogen-bond donors (Lipinski definition) is 2. The lowest BCUT2D eigenvalue weighted by atomic mass is 10.1. The van der Waals surface area contributed by atoms with Crippen LogP contribution >= 0.6 is 0 Å². The Balaban J connectivity index is 1.76. The largest absolute Gasteiger partial charge is 0.496 e. The maximum Gasteiger partial charge on any atom is 0.244 e. The Hall–Kier alpha value is -2.30. The van der Waals surface area contributed by atoms with E-state index in [0.717, 1.165) is 42.6 Å². The summed E-state index contributed by atoms with van der Waals surface area (Å²) in [6.07, 6.45) is 5.80. The van der Waals surface area contributed by atoms with Gasteiger partial charge >= 0.3 is 0 Å². The van der Waals surface area contributed by atoms with Gasteiger partial charge in [0.15, 0.2) is 0 Å². The number of para-hydroxylation sites is 1. The molecule has 0 aliphatic heterocycles. The first-order valence-corrected chi connectivity index (χ1v) is 8.49. The maximum absolute atomic E-state index is 12.0. The Labute approximate surface area is 143 Å². The van der Waals surface area contributed by atoms with Gasteiger partial charge in [-0.1, -0.05) is 31.0 Å². The second-order valence-electron chi connectivity index (χ2n) is 6.09. The molecule has 0 radical (unpaired) electrons. The van der Waals surface area contributed by atoms with Gasteiger partial charge in [-0.3, -0.25) is 9.59 Å². The van der Waals surface area contributed by atoms with E-state index in [1.54, 1.807) is 13.2 Å². The van der Waals surface area contributed by atoms with Crippen LogP contribution < -0.4 is 15.4 Å². The minimum atomic E-state index is -0.173. The van der Waals surface area contributed by atoms with Crippen molar-refractivity contribution in [3.63, 3.8) is 0 Å². The fraction of sp³-hybridized carbons (Fsp3) is 0.474. The lowest BCUT2D eigenvalue weighted by Crippen LogP contribution is -2.36. The van der Waals surface area contributed by atoms with Crippen molar-refractivity contribution in [3.05, 3.63) is 35.9 Å². The molecule has 0 heterocycles. The third-order valence-electron chi connectivity index (χ3n) is 4.33. The molecule has 1 aromatic rings. The van der Waals surface area contributed by atoms with Crippen molar-refractivity contribution >= 4 is 17.4 Å². The van der Waals surface area contributed by atoms with Gasteiger partial charge in [-0.15, -0.1) is 0 Å².